The molecular formula is C19H36N4O7. The second-order valence-electron chi connectivity index (χ2n) is 7.91. The minimum Gasteiger partial charge on any atom is -0.480 e. The largest absolute Gasteiger partial charge is 0.480 e. The Morgan fingerprint density at radius 2 is 1.43 bits per heavy atom. The van der Waals surface area contributed by atoms with E-state index < -0.39 is 60.6 Å². The van der Waals surface area contributed by atoms with Gasteiger partial charge in [0.05, 0.1) is 12.7 Å². The van der Waals surface area contributed by atoms with Gasteiger partial charge in [0.2, 0.25) is 17.7 Å². The fraction of sp³-hybridized carbons (Fsp3) is 0.789. The van der Waals surface area contributed by atoms with Gasteiger partial charge < -0.3 is 37.0 Å². The average Bonchev–Trinajstić information content (AvgIpc) is 2.67. The molecule has 11 nitrogen and oxygen atoms in total. The maximum atomic E-state index is 12.7. The van der Waals surface area contributed by atoms with Crippen molar-refractivity contribution in [3.05, 3.63) is 0 Å². The number of aliphatic hydroxyl groups excluding tert-OH is 2. The lowest BCUT2D eigenvalue weighted by atomic mass is 9.97. The summed E-state index contributed by atoms with van der Waals surface area (Å²) < 4.78 is 0. The van der Waals surface area contributed by atoms with Crippen LogP contribution in [0.3, 0.4) is 0 Å². The monoisotopic (exact) mass is 432 g/mol. The first-order valence-electron chi connectivity index (χ1n) is 10.0. The van der Waals surface area contributed by atoms with E-state index in [1.165, 1.54) is 6.92 Å². The SMILES string of the molecule is CCC(C)C(NC(=O)C(N)C(C)O)C(=O)NC(CO)C(=O)NC(CC(C)C)C(=O)O. The van der Waals surface area contributed by atoms with Crippen LogP contribution in [-0.4, -0.2) is 75.9 Å². The normalized spacial score (nSPS) is 17.2. The van der Waals surface area contributed by atoms with E-state index in [4.69, 9.17) is 5.73 Å². The Labute approximate surface area is 176 Å². The zero-order valence-electron chi connectivity index (χ0n) is 18.2. The number of aliphatic hydroxyl groups is 2. The van der Waals surface area contributed by atoms with E-state index in [2.05, 4.69) is 16.0 Å². The minimum absolute atomic E-state index is 0.00307. The topological polar surface area (TPSA) is 191 Å². The summed E-state index contributed by atoms with van der Waals surface area (Å²) in [4.78, 5) is 48.6. The highest BCUT2D eigenvalue weighted by Crippen LogP contribution is 2.10. The average molecular weight is 433 g/mol. The van der Waals surface area contributed by atoms with Crippen molar-refractivity contribution >= 4 is 23.7 Å². The second kappa shape index (κ2) is 13.1. The van der Waals surface area contributed by atoms with Crippen LogP contribution in [0.4, 0.5) is 0 Å². The van der Waals surface area contributed by atoms with Gasteiger partial charge in [0.15, 0.2) is 0 Å². The van der Waals surface area contributed by atoms with Gasteiger partial charge in [0.1, 0.15) is 24.2 Å². The Morgan fingerprint density at radius 3 is 1.83 bits per heavy atom. The number of aliphatic carboxylic acids is 1. The summed E-state index contributed by atoms with van der Waals surface area (Å²) in [7, 11) is 0. The van der Waals surface area contributed by atoms with E-state index in [9.17, 15) is 34.5 Å². The number of carbonyl (C=O) groups is 4. The highest BCUT2D eigenvalue weighted by atomic mass is 16.4. The minimum atomic E-state index is -1.40. The van der Waals surface area contributed by atoms with Crippen molar-refractivity contribution in [2.45, 2.75) is 77.7 Å². The van der Waals surface area contributed by atoms with Gasteiger partial charge in [-0.05, 0) is 25.2 Å². The lowest BCUT2D eigenvalue weighted by Crippen LogP contribution is -2.60. The van der Waals surface area contributed by atoms with E-state index in [0.717, 1.165) is 0 Å². The Bertz CT molecular complexity index is 597. The van der Waals surface area contributed by atoms with Crippen molar-refractivity contribution < 1.29 is 34.5 Å². The van der Waals surface area contributed by atoms with Crippen molar-refractivity contribution in [1.82, 2.24) is 16.0 Å². The molecule has 30 heavy (non-hydrogen) atoms. The van der Waals surface area contributed by atoms with Crippen molar-refractivity contribution in [1.29, 1.82) is 0 Å². The third-order valence-corrected chi connectivity index (χ3v) is 4.75. The number of amides is 3. The molecule has 3 amide bonds. The first-order valence-corrected chi connectivity index (χ1v) is 10.0. The van der Waals surface area contributed by atoms with E-state index in [1.54, 1.807) is 27.7 Å². The van der Waals surface area contributed by atoms with E-state index in [1.807, 2.05) is 0 Å². The maximum absolute atomic E-state index is 12.7. The second-order valence-corrected chi connectivity index (χ2v) is 7.91. The molecule has 0 saturated carbocycles. The molecule has 0 aliphatic heterocycles. The third kappa shape index (κ3) is 9.06. The summed E-state index contributed by atoms with van der Waals surface area (Å²) in [5.41, 5.74) is 5.60. The molecule has 0 aromatic rings. The molecule has 0 bridgehead atoms. The lowest BCUT2D eigenvalue weighted by Gasteiger charge is -2.28. The number of nitrogens with one attached hydrogen (secondary N) is 3. The molecule has 11 heteroatoms. The molecule has 0 heterocycles. The fourth-order valence-electron chi connectivity index (χ4n) is 2.59. The molecule has 6 atom stereocenters. The third-order valence-electron chi connectivity index (χ3n) is 4.75. The Kier molecular flexibility index (Phi) is 12.2. The first kappa shape index (κ1) is 27.8. The maximum Gasteiger partial charge on any atom is 0.326 e. The standard InChI is InChI=1S/C19H36N4O7/c1-6-10(4)15(23-17(27)14(20)11(5)25)18(28)22-13(8-24)16(26)21-12(19(29)30)7-9(2)3/h9-15,24-25H,6-8,20H2,1-5H3,(H,21,26)(H,22,28)(H,23,27)(H,29,30). The van der Waals surface area contributed by atoms with Gasteiger partial charge >= 0.3 is 5.97 Å². The quantitative estimate of drug-likeness (QED) is 0.179. The van der Waals surface area contributed by atoms with Crippen LogP contribution in [0.2, 0.25) is 0 Å². The van der Waals surface area contributed by atoms with Crippen LogP contribution in [0.15, 0.2) is 0 Å². The molecule has 0 aromatic carbocycles. The van der Waals surface area contributed by atoms with E-state index >= 15 is 0 Å². The Balaban J connectivity index is 5.30. The molecule has 0 fully saturated rings. The number of hydrogen-bond donors (Lipinski definition) is 7. The summed E-state index contributed by atoms with van der Waals surface area (Å²) in [5.74, 6) is -3.90. The molecule has 0 rings (SSSR count). The van der Waals surface area contributed by atoms with Crippen molar-refractivity contribution in [3.63, 3.8) is 0 Å². The van der Waals surface area contributed by atoms with Gasteiger partial charge in [0, 0.05) is 0 Å². The van der Waals surface area contributed by atoms with Crippen LogP contribution in [0.1, 0.15) is 47.5 Å². The van der Waals surface area contributed by atoms with Gasteiger partial charge in [-0.3, -0.25) is 14.4 Å². The predicted molar refractivity (Wildman–Crippen MR) is 109 cm³/mol. The molecule has 8 N–H and O–H groups in total. The van der Waals surface area contributed by atoms with Crippen molar-refractivity contribution in [2.75, 3.05) is 6.61 Å². The van der Waals surface area contributed by atoms with Gasteiger partial charge in [-0.2, -0.15) is 0 Å². The molecule has 0 radical (unpaired) electrons. The Hall–Kier alpha value is -2.24. The van der Waals surface area contributed by atoms with Crippen LogP contribution >= 0.6 is 0 Å². The van der Waals surface area contributed by atoms with Gasteiger partial charge in [-0.25, -0.2) is 4.79 Å². The first-order chi connectivity index (χ1) is 13.8. The van der Waals surface area contributed by atoms with Gasteiger partial charge in [-0.15, -0.1) is 0 Å². The highest BCUT2D eigenvalue weighted by Gasteiger charge is 2.32. The number of carboxylic acids is 1. The van der Waals surface area contributed by atoms with E-state index in [-0.39, 0.29) is 18.3 Å². The molecule has 0 aromatic heterocycles. The van der Waals surface area contributed by atoms with Crippen LogP contribution in [0.5, 0.6) is 0 Å². The number of nitrogens with two attached hydrogens (primary N) is 1. The van der Waals surface area contributed by atoms with Crippen LogP contribution in [-0.2, 0) is 19.2 Å². The molecule has 0 saturated heterocycles. The van der Waals surface area contributed by atoms with Gasteiger partial charge in [0.25, 0.3) is 0 Å². The number of rotatable bonds is 13. The van der Waals surface area contributed by atoms with Gasteiger partial charge in [-0.1, -0.05) is 34.1 Å². The molecule has 0 spiro atoms. The summed E-state index contributed by atoms with van der Waals surface area (Å²) in [5, 5.41) is 35.4. The predicted octanol–water partition coefficient (Wildman–Crippen LogP) is -1.68. The van der Waals surface area contributed by atoms with Crippen LogP contribution in [0.25, 0.3) is 0 Å². The highest BCUT2D eigenvalue weighted by molar-refractivity contribution is 5.94. The summed E-state index contributed by atoms with van der Waals surface area (Å²) in [6, 6.07) is -4.88. The summed E-state index contributed by atoms with van der Waals surface area (Å²) in [6.07, 6.45) is -0.445. The molecular weight excluding hydrogens is 396 g/mol. The van der Waals surface area contributed by atoms with Crippen LogP contribution < -0.4 is 21.7 Å². The number of carbonyl (C=O) groups excluding carboxylic acids is 3. The van der Waals surface area contributed by atoms with Crippen molar-refractivity contribution in [2.24, 2.45) is 17.6 Å². The summed E-state index contributed by atoms with van der Waals surface area (Å²) in [6.45, 7) is 7.67. The molecule has 174 valence electrons. The fourth-order valence-corrected chi connectivity index (χ4v) is 2.59. The molecule has 0 aliphatic rings. The van der Waals surface area contributed by atoms with Crippen LogP contribution in [0, 0.1) is 11.8 Å². The van der Waals surface area contributed by atoms with E-state index in [0.29, 0.717) is 6.42 Å². The zero-order valence-corrected chi connectivity index (χ0v) is 18.2. The smallest absolute Gasteiger partial charge is 0.326 e. The Morgan fingerprint density at radius 1 is 0.900 bits per heavy atom. The summed E-state index contributed by atoms with van der Waals surface area (Å²) >= 11 is 0. The number of hydrogen-bond acceptors (Lipinski definition) is 7. The zero-order chi connectivity index (χ0) is 23.6. The lowest BCUT2D eigenvalue weighted by molar-refractivity contribution is -0.143. The van der Waals surface area contributed by atoms with Crippen molar-refractivity contribution in [3.8, 4) is 0 Å². The number of carboxylic acid groups (broad SMARTS) is 1. The molecule has 6 unspecified atom stereocenters. The molecule has 0 aliphatic carbocycles.